The first kappa shape index (κ1) is 20.4. The molecule has 1 atom stereocenters. The zero-order valence-electron chi connectivity index (χ0n) is 15.6. The number of carbonyl (C=O) groups excluding carboxylic acids is 1. The van der Waals surface area contributed by atoms with Gasteiger partial charge in [0.05, 0.1) is 11.9 Å². The fourth-order valence-electron chi connectivity index (χ4n) is 2.49. The van der Waals surface area contributed by atoms with Crippen molar-refractivity contribution in [3.8, 4) is 5.75 Å². The van der Waals surface area contributed by atoms with Crippen molar-refractivity contribution in [1.29, 1.82) is 0 Å². The Morgan fingerprint density at radius 1 is 1.35 bits per heavy atom. The van der Waals surface area contributed by atoms with Gasteiger partial charge in [-0.15, -0.1) is 0 Å². The molecule has 0 aliphatic carbocycles. The molecule has 0 N–H and O–H groups in total. The minimum atomic E-state index is -3.55. The average Bonchev–Trinajstić information content (AvgIpc) is 2.51. The van der Waals surface area contributed by atoms with Gasteiger partial charge in [-0.25, -0.2) is 4.79 Å². The van der Waals surface area contributed by atoms with Crippen LogP contribution < -0.4 is 4.74 Å². The topological polar surface area (TPSA) is 95.0 Å². The molecule has 1 aliphatic heterocycles. The highest BCUT2D eigenvalue weighted by atomic mass is 32.2. The summed E-state index contributed by atoms with van der Waals surface area (Å²) in [6, 6.07) is 3.26. The van der Waals surface area contributed by atoms with E-state index in [1.807, 2.05) is 20.8 Å². The molecule has 26 heavy (non-hydrogen) atoms. The highest BCUT2D eigenvalue weighted by Gasteiger charge is 2.31. The molecule has 2 rings (SSSR count). The normalized spacial score (nSPS) is 18.5. The number of rotatable bonds is 5. The van der Waals surface area contributed by atoms with E-state index in [4.69, 9.17) is 13.7 Å². The first-order chi connectivity index (χ1) is 12.0. The fourth-order valence-corrected chi connectivity index (χ4v) is 2.82. The Bertz CT molecular complexity index is 729. The summed E-state index contributed by atoms with van der Waals surface area (Å²) in [4.78, 5) is 18.1. The van der Waals surface area contributed by atoms with Crippen LogP contribution in [0.3, 0.4) is 0 Å². The number of nitrogens with zero attached hydrogens (tertiary/aromatic N) is 2. The van der Waals surface area contributed by atoms with Gasteiger partial charge in [-0.05, 0) is 39.7 Å². The largest absolute Gasteiger partial charge is 0.470 e. The highest BCUT2D eigenvalue weighted by Crippen LogP contribution is 2.24. The molecule has 1 aromatic heterocycles. The number of aromatic nitrogens is 1. The molecule has 0 saturated carbocycles. The van der Waals surface area contributed by atoms with E-state index in [0.29, 0.717) is 24.4 Å². The van der Waals surface area contributed by atoms with Crippen LogP contribution in [0.25, 0.3) is 0 Å². The minimum Gasteiger partial charge on any atom is -0.470 e. The number of likely N-dealkylation sites (tertiary alicyclic amines) is 1. The molecule has 9 heteroatoms. The number of ether oxygens (including phenoxy) is 2. The Balaban J connectivity index is 2.06. The number of hydrogen-bond acceptors (Lipinski definition) is 7. The molecule has 1 aliphatic rings. The van der Waals surface area contributed by atoms with Crippen molar-refractivity contribution in [2.45, 2.75) is 58.5 Å². The lowest BCUT2D eigenvalue weighted by Gasteiger charge is -2.36. The van der Waals surface area contributed by atoms with Gasteiger partial charge in [-0.1, -0.05) is 0 Å². The van der Waals surface area contributed by atoms with Gasteiger partial charge < -0.3 is 9.47 Å². The Labute approximate surface area is 154 Å². The van der Waals surface area contributed by atoms with E-state index in [1.54, 1.807) is 17.0 Å². The van der Waals surface area contributed by atoms with Crippen molar-refractivity contribution < 1.29 is 26.9 Å². The zero-order chi connectivity index (χ0) is 19.4. The van der Waals surface area contributed by atoms with Crippen molar-refractivity contribution in [3.63, 3.8) is 0 Å². The molecule has 1 aromatic rings. The molecular formula is C17H26N2O6S. The summed E-state index contributed by atoms with van der Waals surface area (Å²) in [7, 11) is -3.55. The summed E-state index contributed by atoms with van der Waals surface area (Å²) in [6.07, 6.45) is 4.17. The number of hydrogen-bond donors (Lipinski definition) is 0. The maximum atomic E-state index is 12.4. The Morgan fingerprint density at radius 2 is 2.08 bits per heavy atom. The zero-order valence-corrected chi connectivity index (χ0v) is 16.4. The van der Waals surface area contributed by atoms with Crippen molar-refractivity contribution in [2.75, 3.05) is 12.8 Å². The lowest BCUT2D eigenvalue weighted by atomic mass is 10.1. The second kappa shape index (κ2) is 8.22. The van der Waals surface area contributed by atoms with Crippen LogP contribution in [0.4, 0.5) is 4.79 Å². The summed E-state index contributed by atoms with van der Waals surface area (Å²) in [5.74, 6) is 0.493. The second-order valence-electron chi connectivity index (χ2n) is 7.19. The van der Waals surface area contributed by atoms with Crippen LogP contribution in [0.15, 0.2) is 18.3 Å². The lowest BCUT2D eigenvalue weighted by molar-refractivity contribution is -0.0342. The standard InChI is InChI=1S/C17H26N2O6S/c1-17(2,3)25-16(20)19-10-6-5-7-15(19)24-14-8-9-18-13(11-14)12-23-26(4,21)22/h8-9,11,15H,5-7,10,12H2,1-4H3. The third-order valence-corrected chi connectivity index (χ3v) is 4.10. The maximum absolute atomic E-state index is 12.4. The molecule has 1 unspecified atom stereocenters. The first-order valence-electron chi connectivity index (χ1n) is 8.49. The van der Waals surface area contributed by atoms with Gasteiger partial charge >= 0.3 is 6.09 Å². The summed E-state index contributed by atoms with van der Waals surface area (Å²) < 4.78 is 38.4. The van der Waals surface area contributed by atoms with E-state index < -0.39 is 28.0 Å². The molecule has 146 valence electrons. The van der Waals surface area contributed by atoms with Gasteiger partial charge in [-0.3, -0.25) is 14.1 Å². The van der Waals surface area contributed by atoms with Gasteiger partial charge in [0.25, 0.3) is 10.1 Å². The van der Waals surface area contributed by atoms with Crippen molar-refractivity contribution >= 4 is 16.2 Å². The molecule has 1 amide bonds. The van der Waals surface area contributed by atoms with Crippen molar-refractivity contribution in [1.82, 2.24) is 9.88 Å². The van der Waals surface area contributed by atoms with Crippen LogP contribution in [0.5, 0.6) is 5.75 Å². The molecule has 0 aromatic carbocycles. The van der Waals surface area contributed by atoms with Crippen LogP contribution in [0, 0.1) is 0 Å². The average molecular weight is 386 g/mol. The summed E-state index contributed by atoms with van der Waals surface area (Å²) in [6.45, 7) is 5.86. The molecule has 1 saturated heterocycles. The van der Waals surface area contributed by atoms with E-state index in [0.717, 1.165) is 19.1 Å². The lowest BCUT2D eigenvalue weighted by Crippen LogP contribution is -2.48. The Morgan fingerprint density at radius 3 is 2.73 bits per heavy atom. The molecule has 0 radical (unpaired) electrons. The van der Waals surface area contributed by atoms with Crippen molar-refractivity contribution in [3.05, 3.63) is 24.0 Å². The molecule has 1 fully saturated rings. The van der Waals surface area contributed by atoms with Crippen LogP contribution in [-0.4, -0.2) is 49.0 Å². The third kappa shape index (κ3) is 6.80. The summed E-state index contributed by atoms with van der Waals surface area (Å²) >= 11 is 0. The molecule has 0 bridgehead atoms. The Kier molecular flexibility index (Phi) is 6.46. The Hall–Kier alpha value is -1.87. The van der Waals surface area contributed by atoms with Crippen LogP contribution >= 0.6 is 0 Å². The highest BCUT2D eigenvalue weighted by molar-refractivity contribution is 7.85. The summed E-state index contributed by atoms with van der Waals surface area (Å²) in [5, 5.41) is 0. The SMILES string of the molecule is CC(C)(C)OC(=O)N1CCCCC1Oc1ccnc(COS(C)(=O)=O)c1. The van der Waals surface area contributed by atoms with Crippen molar-refractivity contribution in [2.24, 2.45) is 0 Å². The molecule has 2 heterocycles. The van der Waals surface area contributed by atoms with E-state index in [2.05, 4.69) is 4.98 Å². The first-order valence-corrected chi connectivity index (χ1v) is 10.3. The van der Waals surface area contributed by atoms with E-state index in [-0.39, 0.29) is 6.61 Å². The second-order valence-corrected chi connectivity index (χ2v) is 8.84. The monoisotopic (exact) mass is 386 g/mol. The number of pyridine rings is 1. The van der Waals surface area contributed by atoms with Gasteiger partial charge in [0.2, 0.25) is 0 Å². The molecule has 0 spiro atoms. The van der Waals surface area contributed by atoms with Crippen LogP contribution in [0.2, 0.25) is 0 Å². The quantitative estimate of drug-likeness (QED) is 0.718. The number of carbonyl (C=O) groups is 1. The smallest absolute Gasteiger partial charge is 0.413 e. The van der Waals surface area contributed by atoms with Gasteiger partial charge in [0.1, 0.15) is 18.0 Å². The van der Waals surface area contributed by atoms with Gasteiger partial charge in [0.15, 0.2) is 6.23 Å². The predicted molar refractivity (Wildman–Crippen MR) is 95.1 cm³/mol. The third-order valence-electron chi connectivity index (χ3n) is 3.56. The van der Waals surface area contributed by atoms with Crippen LogP contribution in [-0.2, 0) is 25.6 Å². The maximum Gasteiger partial charge on any atom is 0.413 e. The van der Waals surface area contributed by atoms with E-state index >= 15 is 0 Å². The number of piperidine rings is 1. The number of amides is 1. The molecular weight excluding hydrogens is 360 g/mol. The summed E-state index contributed by atoms with van der Waals surface area (Å²) in [5.41, 5.74) is -0.154. The fraction of sp³-hybridized carbons (Fsp3) is 0.647. The van der Waals surface area contributed by atoms with Crippen LogP contribution in [0.1, 0.15) is 45.7 Å². The van der Waals surface area contributed by atoms with E-state index in [1.165, 1.54) is 6.20 Å². The van der Waals surface area contributed by atoms with Gasteiger partial charge in [-0.2, -0.15) is 8.42 Å². The van der Waals surface area contributed by atoms with Gasteiger partial charge in [0, 0.05) is 25.2 Å². The minimum absolute atomic E-state index is 0.170. The molecule has 8 nitrogen and oxygen atoms in total. The predicted octanol–water partition coefficient (Wildman–Crippen LogP) is 2.68. The van der Waals surface area contributed by atoms with E-state index in [9.17, 15) is 13.2 Å².